The number of ketones is 1. The van der Waals surface area contributed by atoms with Gasteiger partial charge in [0, 0.05) is 49.7 Å². The van der Waals surface area contributed by atoms with Gasteiger partial charge < -0.3 is 14.4 Å². The number of carbonyl (C=O) groups is 1. The molecule has 1 heterocycles. The van der Waals surface area contributed by atoms with Crippen molar-refractivity contribution < 1.29 is 19.2 Å². The van der Waals surface area contributed by atoms with E-state index in [0.29, 0.717) is 31.9 Å². The van der Waals surface area contributed by atoms with Gasteiger partial charge in [0.25, 0.3) is 5.69 Å². The number of allylic oxidation sites excluding steroid dienone is 1. The van der Waals surface area contributed by atoms with E-state index in [1.165, 1.54) is 24.3 Å². The second-order valence-electron chi connectivity index (χ2n) is 6.01. The highest BCUT2D eigenvalue weighted by Gasteiger charge is 2.29. The smallest absolute Gasteiger partial charge is 0.269 e. The molecule has 0 radical (unpaired) electrons. The Balaban J connectivity index is 2.30. The molecule has 1 fully saturated rings. The lowest BCUT2D eigenvalue weighted by Crippen LogP contribution is -2.43. The van der Waals surface area contributed by atoms with Crippen molar-refractivity contribution in [2.24, 2.45) is 0 Å². The molecule has 1 aliphatic heterocycles. The van der Waals surface area contributed by atoms with Crippen molar-refractivity contribution in [1.29, 1.82) is 0 Å². The predicted octanol–water partition coefficient (Wildman–Crippen LogP) is 2.42. The Morgan fingerprint density at radius 2 is 1.88 bits per heavy atom. The van der Waals surface area contributed by atoms with E-state index in [4.69, 9.17) is 9.47 Å². The van der Waals surface area contributed by atoms with Gasteiger partial charge in [-0.25, -0.2) is 0 Å². The molecule has 0 bridgehead atoms. The number of hydrogen-bond acceptors (Lipinski definition) is 6. The van der Waals surface area contributed by atoms with E-state index < -0.39 is 10.5 Å². The quantitative estimate of drug-likeness (QED) is 0.344. The minimum atomic E-state index is -0.631. The molecule has 0 N–H and O–H groups in total. The Hall–Kier alpha value is -2.25. The van der Waals surface area contributed by atoms with Gasteiger partial charge in [0.1, 0.15) is 5.60 Å². The molecule has 0 unspecified atom stereocenters. The van der Waals surface area contributed by atoms with Crippen molar-refractivity contribution in [3.8, 4) is 0 Å². The largest absolute Gasteiger partial charge is 0.378 e. The SMILES string of the molecule is COC(C)(C)/C(=C/C(=O)c1ccc([N+](=O)[O-])cc1)N1CCOCC1. The summed E-state index contributed by atoms with van der Waals surface area (Å²) in [6.07, 6.45) is 1.55. The number of hydrogen-bond donors (Lipinski definition) is 0. The van der Waals surface area contributed by atoms with Crippen LogP contribution >= 0.6 is 0 Å². The number of benzene rings is 1. The van der Waals surface area contributed by atoms with E-state index in [1.807, 2.05) is 13.8 Å². The topological polar surface area (TPSA) is 81.9 Å². The average Bonchev–Trinajstić information content (AvgIpc) is 2.60. The molecular weight excluding hydrogens is 312 g/mol. The molecule has 1 aliphatic rings. The molecule has 7 heteroatoms. The van der Waals surface area contributed by atoms with Crippen LogP contribution in [0.15, 0.2) is 36.0 Å². The van der Waals surface area contributed by atoms with Crippen molar-refractivity contribution >= 4 is 11.5 Å². The number of ether oxygens (including phenoxy) is 2. The van der Waals surface area contributed by atoms with Crippen molar-refractivity contribution in [1.82, 2.24) is 4.90 Å². The highest BCUT2D eigenvalue weighted by atomic mass is 16.6. The second kappa shape index (κ2) is 7.55. The van der Waals surface area contributed by atoms with Crippen LogP contribution in [0.3, 0.4) is 0 Å². The standard InChI is InChI=1S/C17H22N2O5/c1-17(2,23-3)16(18-8-10-24-11-9-18)12-15(20)13-4-6-14(7-5-13)19(21)22/h4-7,12H,8-11H2,1-3H3/b16-12-. The first-order valence-electron chi connectivity index (χ1n) is 7.74. The summed E-state index contributed by atoms with van der Waals surface area (Å²) in [7, 11) is 1.60. The van der Waals surface area contributed by atoms with Gasteiger partial charge in [-0.2, -0.15) is 0 Å². The summed E-state index contributed by atoms with van der Waals surface area (Å²) in [5.41, 5.74) is 0.504. The average molecular weight is 334 g/mol. The molecule has 1 saturated heterocycles. The normalized spacial score (nSPS) is 16.1. The first-order valence-corrected chi connectivity index (χ1v) is 7.74. The summed E-state index contributed by atoms with van der Waals surface area (Å²) in [4.78, 5) is 24.9. The van der Waals surface area contributed by atoms with Gasteiger partial charge in [-0.05, 0) is 26.0 Å². The third kappa shape index (κ3) is 4.18. The first-order chi connectivity index (χ1) is 11.3. The molecule has 0 atom stereocenters. The maximum Gasteiger partial charge on any atom is 0.269 e. The van der Waals surface area contributed by atoms with Crippen molar-refractivity contribution in [3.05, 3.63) is 51.7 Å². The molecule has 24 heavy (non-hydrogen) atoms. The number of carbonyl (C=O) groups excluding carboxylic acids is 1. The number of nitrogens with zero attached hydrogens (tertiary/aromatic N) is 2. The van der Waals surface area contributed by atoms with Crippen LogP contribution in [0.4, 0.5) is 5.69 Å². The van der Waals surface area contributed by atoms with Crippen molar-refractivity contribution in [3.63, 3.8) is 0 Å². The summed E-state index contributed by atoms with van der Waals surface area (Å²) in [5, 5.41) is 10.7. The van der Waals surface area contributed by atoms with E-state index in [1.54, 1.807) is 13.2 Å². The molecule has 0 aromatic heterocycles. The minimum Gasteiger partial charge on any atom is -0.378 e. The fraction of sp³-hybridized carbons (Fsp3) is 0.471. The Kier molecular flexibility index (Phi) is 5.69. The minimum absolute atomic E-state index is 0.0406. The molecule has 1 aromatic rings. The van der Waals surface area contributed by atoms with Crippen LogP contribution < -0.4 is 0 Å². The molecule has 0 spiro atoms. The van der Waals surface area contributed by atoms with Crippen LogP contribution in [0.25, 0.3) is 0 Å². The van der Waals surface area contributed by atoms with Gasteiger partial charge in [0.2, 0.25) is 0 Å². The Morgan fingerprint density at radius 1 is 1.29 bits per heavy atom. The Bertz CT molecular complexity index is 631. The molecule has 0 aliphatic carbocycles. The Morgan fingerprint density at radius 3 is 2.38 bits per heavy atom. The molecule has 0 amide bonds. The fourth-order valence-electron chi connectivity index (χ4n) is 2.51. The van der Waals surface area contributed by atoms with E-state index in [2.05, 4.69) is 4.90 Å². The van der Waals surface area contributed by atoms with Crippen LogP contribution in [0.2, 0.25) is 0 Å². The maximum atomic E-state index is 12.6. The van der Waals surface area contributed by atoms with Gasteiger partial charge in [-0.15, -0.1) is 0 Å². The summed E-state index contributed by atoms with van der Waals surface area (Å²) in [6, 6.07) is 5.59. The number of rotatable bonds is 6. The zero-order valence-electron chi connectivity index (χ0n) is 14.2. The van der Waals surface area contributed by atoms with Crippen LogP contribution in [0, 0.1) is 10.1 Å². The Labute approximate surface area is 141 Å². The fourth-order valence-corrected chi connectivity index (χ4v) is 2.51. The van der Waals surface area contributed by atoms with E-state index in [-0.39, 0.29) is 11.5 Å². The van der Waals surface area contributed by atoms with E-state index >= 15 is 0 Å². The summed E-state index contributed by atoms with van der Waals surface area (Å²) in [5.74, 6) is -0.212. The number of nitro groups is 1. The zero-order chi connectivity index (χ0) is 17.7. The summed E-state index contributed by atoms with van der Waals surface area (Å²) < 4.78 is 10.9. The number of non-ortho nitro benzene ring substituents is 1. The highest BCUT2D eigenvalue weighted by Crippen LogP contribution is 2.25. The van der Waals surface area contributed by atoms with Crippen LogP contribution in [0.1, 0.15) is 24.2 Å². The lowest BCUT2D eigenvalue weighted by Gasteiger charge is -2.38. The van der Waals surface area contributed by atoms with Crippen molar-refractivity contribution in [2.75, 3.05) is 33.4 Å². The predicted molar refractivity (Wildman–Crippen MR) is 89.0 cm³/mol. The number of methoxy groups -OCH3 is 1. The van der Waals surface area contributed by atoms with E-state index in [9.17, 15) is 14.9 Å². The van der Waals surface area contributed by atoms with Gasteiger partial charge in [-0.3, -0.25) is 14.9 Å². The second-order valence-corrected chi connectivity index (χ2v) is 6.01. The highest BCUT2D eigenvalue weighted by molar-refractivity contribution is 6.05. The van der Waals surface area contributed by atoms with Gasteiger partial charge >= 0.3 is 0 Å². The van der Waals surface area contributed by atoms with Crippen LogP contribution in [-0.2, 0) is 9.47 Å². The molecule has 0 saturated carbocycles. The lowest BCUT2D eigenvalue weighted by atomic mass is 9.99. The molecular formula is C17H22N2O5. The van der Waals surface area contributed by atoms with Crippen molar-refractivity contribution in [2.45, 2.75) is 19.4 Å². The number of nitro benzene ring substituents is 1. The first kappa shape index (κ1) is 18.1. The molecule has 130 valence electrons. The lowest BCUT2D eigenvalue weighted by molar-refractivity contribution is -0.384. The summed E-state index contributed by atoms with van der Waals surface area (Å²) >= 11 is 0. The van der Waals surface area contributed by atoms with Gasteiger partial charge in [0.05, 0.1) is 18.1 Å². The van der Waals surface area contributed by atoms with Crippen LogP contribution in [0.5, 0.6) is 0 Å². The van der Waals surface area contributed by atoms with E-state index in [0.717, 1.165) is 5.70 Å². The van der Waals surface area contributed by atoms with Crippen LogP contribution in [-0.4, -0.2) is 54.6 Å². The maximum absolute atomic E-state index is 12.6. The molecule has 7 nitrogen and oxygen atoms in total. The third-order valence-electron chi connectivity index (χ3n) is 4.11. The summed E-state index contributed by atoms with van der Waals surface area (Å²) in [6.45, 7) is 6.37. The zero-order valence-corrected chi connectivity index (χ0v) is 14.2. The van der Waals surface area contributed by atoms with Gasteiger partial charge in [0.15, 0.2) is 5.78 Å². The van der Waals surface area contributed by atoms with Gasteiger partial charge in [-0.1, -0.05) is 0 Å². The molecule has 2 rings (SSSR count). The molecule has 1 aromatic carbocycles. The monoisotopic (exact) mass is 334 g/mol. The third-order valence-corrected chi connectivity index (χ3v) is 4.11. The number of morpholine rings is 1.